The van der Waals surface area contributed by atoms with Gasteiger partial charge in [-0.25, -0.2) is 5.48 Å². The highest BCUT2D eigenvalue weighted by Gasteiger charge is 1.87. The third-order valence-electron chi connectivity index (χ3n) is 1.07. The fourth-order valence-corrected chi connectivity index (χ4v) is 0.649. The van der Waals surface area contributed by atoms with Gasteiger partial charge in [0.15, 0.2) is 0 Å². The lowest BCUT2D eigenvalue weighted by Gasteiger charge is -2.04. The molecule has 0 aromatic rings. The van der Waals surface area contributed by atoms with Gasteiger partial charge >= 0.3 is 0 Å². The summed E-state index contributed by atoms with van der Waals surface area (Å²) in [5.74, 6) is 0. The fourth-order valence-electron chi connectivity index (χ4n) is 0.649. The molecule has 3 heteroatoms. The van der Waals surface area contributed by atoms with E-state index in [1.165, 1.54) is 0 Å². The van der Waals surface area contributed by atoms with Crippen molar-refractivity contribution in [3.05, 3.63) is 12.2 Å². The standard InChI is InChI=1S/C6H11NO.ClH/c1-2-4-6-8-7-5-3-1;/h1-2,7H,3-6H2;1H/b2-1-;. The van der Waals surface area contributed by atoms with Crippen LogP contribution in [0.2, 0.25) is 0 Å². The van der Waals surface area contributed by atoms with Crippen molar-refractivity contribution in [2.45, 2.75) is 12.8 Å². The van der Waals surface area contributed by atoms with Crippen LogP contribution in [0.3, 0.4) is 0 Å². The molecule has 0 aliphatic carbocycles. The third-order valence-corrected chi connectivity index (χ3v) is 1.07. The first kappa shape index (κ1) is 8.95. The zero-order valence-electron chi connectivity index (χ0n) is 5.30. The topological polar surface area (TPSA) is 21.3 Å². The van der Waals surface area contributed by atoms with Crippen LogP contribution in [0.4, 0.5) is 0 Å². The van der Waals surface area contributed by atoms with Gasteiger partial charge in [0.1, 0.15) is 0 Å². The Bertz CT molecular complexity index is 75.1. The molecule has 0 fully saturated rings. The number of nitrogens with one attached hydrogen (secondary N) is 1. The number of halogens is 1. The highest BCUT2D eigenvalue weighted by Crippen LogP contribution is 1.90. The van der Waals surface area contributed by atoms with E-state index in [0.717, 1.165) is 26.0 Å². The predicted octanol–water partition coefficient (Wildman–Crippen LogP) is 1.28. The second kappa shape index (κ2) is 6.08. The first-order valence-electron chi connectivity index (χ1n) is 3.00. The molecule has 0 saturated heterocycles. The Morgan fingerprint density at radius 3 is 2.89 bits per heavy atom. The molecule has 0 radical (unpaired) electrons. The third kappa shape index (κ3) is 4.45. The molecular formula is C6H12ClNO. The van der Waals surface area contributed by atoms with Gasteiger partial charge in [-0.3, -0.25) is 0 Å². The predicted molar refractivity (Wildman–Crippen MR) is 39.6 cm³/mol. The minimum Gasteiger partial charge on any atom is -0.301 e. The molecule has 1 aliphatic heterocycles. The van der Waals surface area contributed by atoms with Crippen molar-refractivity contribution in [1.29, 1.82) is 0 Å². The zero-order valence-corrected chi connectivity index (χ0v) is 6.12. The van der Waals surface area contributed by atoms with E-state index in [1.54, 1.807) is 0 Å². The van der Waals surface area contributed by atoms with Crippen LogP contribution >= 0.6 is 12.4 Å². The lowest BCUT2D eigenvalue weighted by Crippen LogP contribution is -2.17. The van der Waals surface area contributed by atoms with Gasteiger partial charge in [0.25, 0.3) is 0 Å². The Balaban J connectivity index is 0.000000640. The summed E-state index contributed by atoms with van der Waals surface area (Å²) >= 11 is 0. The smallest absolute Gasteiger partial charge is 0.0716 e. The summed E-state index contributed by atoms with van der Waals surface area (Å²) in [6.45, 7) is 1.74. The summed E-state index contributed by atoms with van der Waals surface area (Å²) < 4.78 is 0. The van der Waals surface area contributed by atoms with E-state index in [1.807, 2.05) is 0 Å². The van der Waals surface area contributed by atoms with E-state index in [9.17, 15) is 0 Å². The van der Waals surface area contributed by atoms with Crippen LogP contribution in [0, 0.1) is 0 Å². The van der Waals surface area contributed by atoms with Gasteiger partial charge in [-0.2, -0.15) is 0 Å². The van der Waals surface area contributed by atoms with Crippen LogP contribution in [-0.4, -0.2) is 13.2 Å². The molecule has 54 valence electrons. The molecule has 0 bridgehead atoms. The first-order valence-corrected chi connectivity index (χ1v) is 3.00. The van der Waals surface area contributed by atoms with Crippen molar-refractivity contribution in [3.8, 4) is 0 Å². The number of hydrogen-bond acceptors (Lipinski definition) is 2. The van der Waals surface area contributed by atoms with Gasteiger partial charge in [0.05, 0.1) is 6.61 Å². The molecule has 0 aromatic heterocycles. The van der Waals surface area contributed by atoms with Gasteiger partial charge < -0.3 is 4.84 Å². The van der Waals surface area contributed by atoms with Crippen LogP contribution in [0.1, 0.15) is 12.8 Å². The largest absolute Gasteiger partial charge is 0.301 e. The maximum absolute atomic E-state index is 4.97. The molecule has 0 spiro atoms. The van der Waals surface area contributed by atoms with Crippen molar-refractivity contribution in [3.63, 3.8) is 0 Å². The Morgan fingerprint density at radius 1 is 1.22 bits per heavy atom. The highest BCUT2D eigenvalue weighted by atomic mass is 35.5. The van der Waals surface area contributed by atoms with E-state index in [4.69, 9.17) is 4.84 Å². The summed E-state index contributed by atoms with van der Waals surface area (Å²) in [5, 5.41) is 0. The number of hydroxylamine groups is 1. The second-order valence-corrected chi connectivity index (χ2v) is 1.79. The molecule has 0 unspecified atom stereocenters. The minimum atomic E-state index is 0. The highest BCUT2D eigenvalue weighted by molar-refractivity contribution is 5.85. The molecule has 1 aliphatic rings. The molecule has 1 N–H and O–H groups in total. The Hall–Kier alpha value is -0.0500. The maximum Gasteiger partial charge on any atom is 0.0716 e. The lowest BCUT2D eigenvalue weighted by atomic mass is 10.3. The SMILES string of the molecule is C1=C\CCONCC/1.Cl. The summed E-state index contributed by atoms with van der Waals surface area (Å²) in [4.78, 5) is 4.97. The second-order valence-electron chi connectivity index (χ2n) is 1.79. The van der Waals surface area contributed by atoms with E-state index in [2.05, 4.69) is 17.6 Å². The van der Waals surface area contributed by atoms with Crippen LogP contribution in [0.5, 0.6) is 0 Å². The molecule has 1 heterocycles. The van der Waals surface area contributed by atoms with Crippen molar-refractivity contribution < 1.29 is 4.84 Å². The molecule has 1 rings (SSSR count). The first-order chi connectivity index (χ1) is 4.00. The molecule has 0 atom stereocenters. The monoisotopic (exact) mass is 149 g/mol. The van der Waals surface area contributed by atoms with Crippen LogP contribution in [0.15, 0.2) is 12.2 Å². The lowest BCUT2D eigenvalue weighted by molar-refractivity contribution is 0.0438. The van der Waals surface area contributed by atoms with Crippen LogP contribution < -0.4 is 5.48 Å². The Morgan fingerprint density at radius 2 is 2.00 bits per heavy atom. The summed E-state index contributed by atoms with van der Waals surface area (Å²) in [5.41, 5.74) is 2.84. The van der Waals surface area contributed by atoms with E-state index in [-0.39, 0.29) is 12.4 Å². The van der Waals surface area contributed by atoms with Gasteiger partial charge in [0.2, 0.25) is 0 Å². The molecule has 0 amide bonds. The minimum absolute atomic E-state index is 0. The van der Waals surface area contributed by atoms with E-state index in [0.29, 0.717) is 0 Å². The molecule has 0 aromatic carbocycles. The molecule has 0 saturated carbocycles. The molecule has 9 heavy (non-hydrogen) atoms. The van der Waals surface area contributed by atoms with Gasteiger partial charge in [-0.1, -0.05) is 12.2 Å². The average molecular weight is 150 g/mol. The van der Waals surface area contributed by atoms with Crippen molar-refractivity contribution in [1.82, 2.24) is 5.48 Å². The van der Waals surface area contributed by atoms with E-state index >= 15 is 0 Å². The normalized spacial score (nSPS) is 23.1. The average Bonchev–Trinajstić information content (AvgIpc) is 1.62. The molecular weight excluding hydrogens is 138 g/mol. The van der Waals surface area contributed by atoms with Crippen molar-refractivity contribution in [2.75, 3.05) is 13.2 Å². The number of hydrogen-bond donors (Lipinski definition) is 1. The van der Waals surface area contributed by atoms with Crippen LogP contribution in [0.25, 0.3) is 0 Å². The Labute approximate surface area is 61.6 Å². The van der Waals surface area contributed by atoms with Gasteiger partial charge in [-0.05, 0) is 12.8 Å². The quantitative estimate of drug-likeness (QED) is 0.524. The summed E-state index contributed by atoms with van der Waals surface area (Å²) in [6.07, 6.45) is 6.45. The van der Waals surface area contributed by atoms with E-state index < -0.39 is 0 Å². The molecule has 2 nitrogen and oxygen atoms in total. The zero-order chi connectivity index (χ0) is 5.66. The fraction of sp³-hybridized carbons (Fsp3) is 0.667. The summed E-state index contributed by atoms with van der Waals surface area (Å²) in [6, 6.07) is 0. The van der Waals surface area contributed by atoms with Crippen molar-refractivity contribution >= 4 is 12.4 Å². The summed E-state index contributed by atoms with van der Waals surface area (Å²) in [7, 11) is 0. The van der Waals surface area contributed by atoms with Crippen molar-refractivity contribution in [2.24, 2.45) is 0 Å². The van der Waals surface area contributed by atoms with Gasteiger partial charge in [-0.15, -0.1) is 12.4 Å². The van der Waals surface area contributed by atoms with Gasteiger partial charge in [0, 0.05) is 6.54 Å². The number of rotatable bonds is 0. The van der Waals surface area contributed by atoms with Crippen LogP contribution in [-0.2, 0) is 4.84 Å². The Kier molecular flexibility index (Phi) is 6.04. The maximum atomic E-state index is 4.97.